The van der Waals surface area contributed by atoms with Gasteiger partial charge in [0.05, 0.1) is 12.2 Å². The average Bonchev–Trinajstić information content (AvgIpc) is 3.35. The monoisotopic (exact) mass is 430 g/mol. The van der Waals surface area contributed by atoms with Crippen LogP contribution in [0.25, 0.3) is 10.6 Å². The zero-order valence-electron chi connectivity index (χ0n) is 16.2. The normalized spacial score (nSPS) is 18.8. The van der Waals surface area contributed by atoms with Gasteiger partial charge in [0.15, 0.2) is 0 Å². The van der Waals surface area contributed by atoms with Crippen LogP contribution in [0.15, 0.2) is 41.5 Å². The maximum Gasteiger partial charge on any atom is 0.326 e. The van der Waals surface area contributed by atoms with E-state index < -0.39 is 23.7 Å². The highest BCUT2D eigenvalue weighted by Crippen LogP contribution is 2.35. The standard InChI is InChI=1S/C20H19FN4O4S/c1-10(16-9-23-18(30-16)11-5-3-4-6-12(11)21)24-13-8-22-17-15(29-2)7-14(20(27)28)25(17)19(13)26/h3-6,8-10,14-15,24H,7H2,1-2H3,(H,27,28)/t10-,14+,15-/m1/s1. The van der Waals surface area contributed by atoms with E-state index in [9.17, 15) is 19.1 Å². The molecule has 2 aromatic heterocycles. The zero-order chi connectivity index (χ0) is 21.4. The van der Waals surface area contributed by atoms with Gasteiger partial charge in [-0.25, -0.2) is 19.2 Å². The predicted molar refractivity (Wildman–Crippen MR) is 109 cm³/mol. The van der Waals surface area contributed by atoms with Crippen molar-refractivity contribution in [3.63, 3.8) is 0 Å². The third-order valence-electron chi connectivity index (χ3n) is 5.06. The molecule has 3 heterocycles. The fourth-order valence-electron chi connectivity index (χ4n) is 3.50. The lowest BCUT2D eigenvalue weighted by molar-refractivity contribution is -0.141. The van der Waals surface area contributed by atoms with Crippen molar-refractivity contribution in [1.29, 1.82) is 0 Å². The van der Waals surface area contributed by atoms with Crippen molar-refractivity contribution >= 4 is 23.0 Å². The smallest absolute Gasteiger partial charge is 0.326 e. The van der Waals surface area contributed by atoms with E-state index in [0.717, 1.165) is 4.88 Å². The minimum absolute atomic E-state index is 0.147. The Bertz CT molecular complexity index is 1160. The zero-order valence-corrected chi connectivity index (χ0v) is 17.0. The molecule has 0 spiro atoms. The third-order valence-corrected chi connectivity index (χ3v) is 6.27. The largest absolute Gasteiger partial charge is 0.480 e. The summed E-state index contributed by atoms with van der Waals surface area (Å²) in [6.45, 7) is 1.84. The van der Waals surface area contributed by atoms with Crippen LogP contribution in [0.1, 0.15) is 42.2 Å². The molecule has 8 nitrogen and oxygen atoms in total. The molecular weight excluding hydrogens is 411 g/mol. The Labute approximate surface area is 175 Å². The van der Waals surface area contributed by atoms with Crippen molar-refractivity contribution in [3.05, 3.63) is 63.5 Å². The molecule has 4 rings (SSSR count). The Morgan fingerprint density at radius 1 is 1.37 bits per heavy atom. The maximum atomic E-state index is 14.0. The number of rotatable bonds is 6. The van der Waals surface area contributed by atoms with Gasteiger partial charge in [-0.15, -0.1) is 11.3 Å². The Morgan fingerprint density at radius 2 is 2.13 bits per heavy atom. The Balaban J connectivity index is 1.61. The molecule has 3 aromatic rings. The third kappa shape index (κ3) is 3.48. The Hall–Kier alpha value is -3.11. The van der Waals surface area contributed by atoms with Crippen LogP contribution in [0.5, 0.6) is 0 Å². The van der Waals surface area contributed by atoms with Crippen LogP contribution < -0.4 is 10.9 Å². The number of benzene rings is 1. The highest BCUT2D eigenvalue weighted by molar-refractivity contribution is 7.15. The number of aliphatic carboxylic acids is 1. The summed E-state index contributed by atoms with van der Waals surface area (Å²) in [6, 6.07) is 5.04. The molecule has 1 aliphatic heterocycles. The molecule has 3 atom stereocenters. The molecule has 156 valence electrons. The summed E-state index contributed by atoms with van der Waals surface area (Å²) >= 11 is 1.31. The lowest BCUT2D eigenvalue weighted by Crippen LogP contribution is -2.30. The lowest BCUT2D eigenvalue weighted by atomic mass is 10.2. The van der Waals surface area contributed by atoms with Crippen LogP contribution in [0.2, 0.25) is 0 Å². The van der Waals surface area contributed by atoms with E-state index in [1.807, 2.05) is 6.92 Å². The molecule has 0 aliphatic carbocycles. The number of hydrogen-bond donors (Lipinski definition) is 2. The van der Waals surface area contributed by atoms with E-state index in [4.69, 9.17) is 4.74 Å². The molecule has 0 saturated heterocycles. The highest BCUT2D eigenvalue weighted by Gasteiger charge is 2.38. The van der Waals surface area contributed by atoms with Crippen LogP contribution in [0.4, 0.5) is 10.1 Å². The van der Waals surface area contributed by atoms with Crippen molar-refractivity contribution < 1.29 is 19.0 Å². The first-order chi connectivity index (χ1) is 14.4. The van der Waals surface area contributed by atoms with Gasteiger partial charge in [0, 0.05) is 30.2 Å². The van der Waals surface area contributed by atoms with Crippen LogP contribution in [-0.2, 0) is 9.53 Å². The second kappa shape index (κ2) is 7.96. The van der Waals surface area contributed by atoms with Crippen molar-refractivity contribution in [2.24, 2.45) is 0 Å². The lowest BCUT2D eigenvalue weighted by Gasteiger charge is -2.15. The number of nitrogens with zero attached hydrogens (tertiary/aromatic N) is 3. The van der Waals surface area contributed by atoms with Crippen LogP contribution in [-0.4, -0.2) is 32.7 Å². The molecule has 10 heteroatoms. The first kappa shape index (κ1) is 20.2. The minimum atomic E-state index is -1.11. The van der Waals surface area contributed by atoms with Gasteiger partial charge < -0.3 is 15.2 Å². The number of carboxylic acids is 1. The molecule has 0 unspecified atom stereocenters. The summed E-state index contributed by atoms with van der Waals surface area (Å²) in [5, 5.41) is 13.1. The number of halogens is 1. The first-order valence-electron chi connectivity index (χ1n) is 9.25. The summed E-state index contributed by atoms with van der Waals surface area (Å²) in [7, 11) is 1.45. The van der Waals surface area contributed by atoms with E-state index in [2.05, 4.69) is 15.3 Å². The van der Waals surface area contributed by atoms with E-state index >= 15 is 0 Å². The van der Waals surface area contributed by atoms with Crippen molar-refractivity contribution in [1.82, 2.24) is 14.5 Å². The van der Waals surface area contributed by atoms with Gasteiger partial charge in [-0.05, 0) is 19.1 Å². The SMILES string of the molecule is CO[C@@H]1C[C@@H](C(=O)O)n2c1ncc(N[C@H](C)c1cnc(-c3ccccc3F)s1)c2=O. The number of nitrogens with one attached hydrogen (secondary N) is 1. The number of thiazole rings is 1. The summed E-state index contributed by atoms with van der Waals surface area (Å²) in [6.07, 6.45) is 2.62. The van der Waals surface area contributed by atoms with E-state index in [0.29, 0.717) is 16.4 Å². The minimum Gasteiger partial charge on any atom is -0.480 e. The predicted octanol–water partition coefficient (Wildman–Crippen LogP) is 3.40. The number of carboxylic acid groups (broad SMARTS) is 1. The highest BCUT2D eigenvalue weighted by atomic mass is 32.1. The van der Waals surface area contributed by atoms with E-state index in [1.165, 1.54) is 35.3 Å². The topological polar surface area (TPSA) is 106 Å². The van der Waals surface area contributed by atoms with Crippen LogP contribution >= 0.6 is 11.3 Å². The van der Waals surface area contributed by atoms with E-state index in [1.54, 1.807) is 24.4 Å². The van der Waals surface area contributed by atoms with Crippen LogP contribution in [0.3, 0.4) is 0 Å². The molecular formula is C20H19FN4O4S. The molecule has 1 aromatic carbocycles. The number of methoxy groups -OCH3 is 1. The van der Waals surface area contributed by atoms with Gasteiger partial charge in [-0.3, -0.25) is 9.36 Å². The number of hydrogen-bond acceptors (Lipinski definition) is 7. The number of aromatic nitrogens is 3. The number of ether oxygens (including phenoxy) is 1. The number of anilines is 1. The summed E-state index contributed by atoms with van der Waals surface area (Å²) < 4.78 is 20.5. The molecule has 0 amide bonds. The van der Waals surface area contributed by atoms with Gasteiger partial charge in [-0.1, -0.05) is 12.1 Å². The molecule has 2 N–H and O–H groups in total. The van der Waals surface area contributed by atoms with Crippen molar-refractivity contribution in [2.45, 2.75) is 31.5 Å². The summed E-state index contributed by atoms with van der Waals surface area (Å²) in [5.41, 5.74) is 0.114. The van der Waals surface area contributed by atoms with Gasteiger partial charge >= 0.3 is 5.97 Å². The average molecular weight is 430 g/mol. The Kier molecular flexibility index (Phi) is 5.35. The van der Waals surface area contributed by atoms with Gasteiger partial charge in [0.1, 0.15) is 34.5 Å². The molecule has 0 bridgehead atoms. The van der Waals surface area contributed by atoms with Crippen LogP contribution in [0, 0.1) is 5.82 Å². The summed E-state index contributed by atoms with van der Waals surface area (Å²) in [4.78, 5) is 33.9. The second-order valence-corrected chi connectivity index (χ2v) is 8.00. The number of fused-ring (bicyclic) bond motifs is 1. The Morgan fingerprint density at radius 3 is 2.83 bits per heavy atom. The first-order valence-corrected chi connectivity index (χ1v) is 10.1. The van der Waals surface area contributed by atoms with Gasteiger partial charge in [0.25, 0.3) is 5.56 Å². The van der Waals surface area contributed by atoms with E-state index in [-0.39, 0.29) is 24.0 Å². The van der Waals surface area contributed by atoms with Gasteiger partial charge in [-0.2, -0.15) is 0 Å². The quantitative estimate of drug-likeness (QED) is 0.617. The molecule has 1 aliphatic rings. The molecule has 0 fully saturated rings. The second-order valence-electron chi connectivity index (χ2n) is 6.93. The van der Waals surface area contributed by atoms with Gasteiger partial charge in [0.2, 0.25) is 0 Å². The van der Waals surface area contributed by atoms with Crippen molar-refractivity contribution in [3.8, 4) is 10.6 Å². The van der Waals surface area contributed by atoms with Crippen molar-refractivity contribution in [2.75, 3.05) is 12.4 Å². The fraction of sp³-hybridized carbons (Fsp3) is 0.300. The fourth-order valence-corrected chi connectivity index (χ4v) is 4.44. The summed E-state index contributed by atoms with van der Waals surface area (Å²) in [5.74, 6) is -1.16. The number of carbonyl (C=O) groups is 1. The maximum absolute atomic E-state index is 14.0. The molecule has 0 saturated carbocycles. The molecule has 0 radical (unpaired) electrons. The molecule has 30 heavy (non-hydrogen) atoms.